The highest BCUT2D eigenvalue weighted by atomic mass is 32.1. The second kappa shape index (κ2) is 5.41. The van der Waals surface area contributed by atoms with E-state index in [1.807, 2.05) is 0 Å². The van der Waals surface area contributed by atoms with Gasteiger partial charge in [-0.25, -0.2) is 4.98 Å². The van der Waals surface area contributed by atoms with Crippen molar-refractivity contribution in [3.05, 3.63) is 16.1 Å². The first-order valence-electron chi connectivity index (χ1n) is 5.75. The molecular formula is C11H17N3OS. The van der Waals surface area contributed by atoms with Gasteiger partial charge in [-0.05, 0) is 12.8 Å². The molecule has 2 rings (SSSR count). The fourth-order valence-electron chi connectivity index (χ4n) is 2.02. The largest absolute Gasteiger partial charge is 0.348 e. The van der Waals surface area contributed by atoms with Crippen molar-refractivity contribution in [2.75, 3.05) is 0 Å². The molecule has 1 aliphatic rings. The number of aromatic nitrogens is 1. The summed E-state index contributed by atoms with van der Waals surface area (Å²) in [5.41, 5.74) is 5.97. The Morgan fingerprint density at radius 2 is 2.25 bits per heavy atom. The fourth-order valence-corrected chi connectivity index (χ4v) is 2.67. The number of amides is 1. The molecule has 0 saturated heterocycles. The van der Waals surface area contributed by atoms with Gasteiger partial charge >= 0.3 is 0 Å². The first-order valence-corrected chi connectivity index (χ1v) is 6.63. The van der Waals surface area contributed by atoms with Crippen LogP contribution in [0, 0.1) is 0 Å². The maximum absolute atomic E-state index is 11.8. The zero-order valence-electron chi connectivity index (χ0n) is 9.24. The topological polar surface area (TPSA) is 68.0 Å². The molecule has 1 amide bonds. The fraction of sp³-hybridized carbons (Fsp3) is 0.636. The van der Waals surface area contributed by atoms with Gasteiger partial charge in [-0.15, -0.1) is 11.3 Å². The summed E-state index contributed by atoms with van der Waals surface area (Å²) >= 11 is 1.44. The van der Waals surface area contributed by atoms with Crippen LogP contribution in [0.4, 0.5) is 0 Å². The maximum atomic E-state index is 11.8. The third-order valence-corrected chi connectivity index (χ3v) is 3.77. The van der Waals surface area contributed by atoms with E-state index in [1.165, 1.54) is 30.6 Å². The van der Waals surface area contributed by atoms with E-state index in [4.69, 9.17) is 5.73 Å². The Labute approximate surface area is 99.3 Å². The van der Waals surface area contributed by atoms with Gasteiger partial charge in [-0.1, -0.05) is 19.3 Å². The number of carbonyl (C=O) groups is 1. The normalized spacial score (nSPS) is 17.3. The minimum absolute atomic E-state index is 0.0529. The van der Waals surface area contributed by atoms with Gasteiger partial charge in [0.1, 0.15) is 10.7 Å². The molecule has 0 spiro atoms. The van der Waals surface area contributed by atoms with Gasteiger partial charge in [0.15, 0.2) is 0 Å². The lowest BCUT2D eigenvalue weighted by Crippen LogP contribution is -2.36. The van der Waals surface area contributed by atoms with Crippen LogP contribution in [0.1, 0.15) is 47.6 Å². The highest BCUT2D eigenvalue weighted by molar-refractivity contribution is 7.09. The van der Waals surface area contributed by atoms with Crippen molar-refractivity contribution in [1.29, 1.82) is 0 Å². The van der Waals surface area contributed by atoms with E-state index in [-0.39, 0.29) is 5.91 Å². The molecule has 1 heterocycles. The number of rotatable bonds is 3. The van der Waals surface area contributed by atoms with Crippen molar-refractivity contribution < 1.29 is 4.79 Å². The molecule has 88 valence electrons. The van der Waals surface area contributed by atoms with Crippen molar-refractivity contribution in [2.45, 2.75) is 44.7 Å². The average Bonchev–Trinajstić information content (AvgIpc) is 2.79. The van der Waals surface area contributed by atoms with E-state index in [9.17, 15) is 4.79 Å². The molecule has 1 aliphatic carbocycles. The maximum Gasteiger partial charge on any atom is 0.270 e. The molecule has 1 aromatic rings. The first-order chi connectivity index (χ1) is 7.79. The number of nitrogens with two attached hydrogens (primary N) is 1. The molecule has 0 aromatic carbocycles. The summed E-state index contributed by atoms with van der Waals surface area (Å²) in [6, 6.07) is 0.337. The third kappa shape index (κ3) is 2.80. The molecule has 0 bridgehead atoms. The Morgan fingerprint density at radius 1 is 1.50 bits per heavy atom. The molecule has 3 N–H and O–H groups in total. The molecule has 1 fully saturated rings. The number of nitrogens with zero attached hydrogens (tertiary/aromatic N) is 1. The van der Waals surface area contributed by atoms with E-state index >= 15 is 0 Å². The standard InChI is InChI=1S/C11H17N3OS/c12-6-10-14-9(7-16-10)11(15)13-8-4-2-1-3-5-8/h7-8H,1-6,12H2,(H,13,15). The second-order valence-corrected chi connectivity index (χ2v) is 5.08. The van der Waals surface area contributed by atoms with Crippen molar-refractivity contribution in [3.8, 4) is 0 Å². The molecule has 0 atom stereocenters. The molecule has 16 heavy (non-hydrogen) atoms. The van der Waals surface area contributed by atoms with Crippen LogP contribution in [0.3, 0.4) is 0 Å². The van der Waals surface area contributed by atoms with E-state index < -0.39 is 0 Å². The molecule has 0 aliphatic heterocycles. The van der Waals surface area contributed by atoms with Crippen LogP contribution in [0.5, 0.6) is 0 Å². The Morgan fingerprint density at radius 3 is 2.88 bits per heavy atom. The zero-order chi connectivity index (χ0) is 11.4. The van der Waals surface area contributed by atoms with Crippen LogP contribution in [-0.2, 0) is 6.54 Å². The Kier molecular flexibility index (Phi) is 3.90. The van der Waals surface area contributed by atoms with Crippen LogP contribution < -0.4 is 11.1 Å². The van der Waals surface area contributed by atoms with E-state index in [1.54, 1.807) is 5.38 Å². The number of hydrogen-bond acceptors (Lipinski definition) is 4. The second-order valence-electron chi connectivity index (χ2n) is 4.14. The highest BCUT2D eigenvalue weighted by Crippen LogP contribution is 2.18. The molecule has 1 saturated carbocycles. The molecule has 4 nitrogen and oxygen atoms in total. The number of hydrogen-bond donors (Lipinski definition) is 2. The van der Waals surface area contributed by atoms with Gasteiger partial charge in [0, 0.05) is 18.0 Å². The summed E-state index contributed by atoms with van der Waals surface area (Å²) in [5, 5.41) is 5.63. The minimum atomic E-state index is -0.0529. The minimum Gasteiger partial charge on any atom is -0.348 e. The van der Waals surface area contributed by atoms with Gasteiger partial charge in [-0.2, -0.15) is 0 Å². The van der Waals surface area contributed by atoms with Crippen LogP contribution in [-0.4, -0.2) is 16.9 Å². The molecular weight excluding hydrogens is 222 g/mol. The SMILES string of the molecule is NCc1nc(C(=O)NC2CCCCC2)cs1. The molecule has 5 heteroatoms. The van der Waals surface area contributed by atoms with Crippen LogP contribution >= 0.6 is 11.3 Å². The Bertz CT molecular complexity index is 358. The summed E-state index contributed by atoms with van der Waals surface area (Å²) in [4.78, 5) is 16.0. The molecule has 1 aromatic heterocycles. The number of thiazole rings is 1. The van der Waals surface area contributed by atoms with E-state index in [0.717, 1.165) is 17.8 Å². The van der Waals surface area contributed by atoms with Crippen LogP contribution in [0.2, 0.25) is 0 Å². The lowest BCUT2D eigenvalue weighted by molar-refractivity contribution is 0.0923. The van der Waals surface area contributed by atoms with Gasteiger partial charge in [0.2, 0.25) is 0 Å². The predicted molar refractivity (Wildman–Crippen MR) is 64.3 cm³/mol. The quantitative estimate of drug-likeness (QED) is 0.843. The summed E-state index contributed by atoms with van der Waals surface area (Å²) < 4.78 is 0. The molecule has 0 radical (unpaired) electrons. The lowest BCUT2D eigenvalue weighted by atomic mass is 9.95. The monoisotopic (exact) mass is 239 g/mol. The Balaban J connectivity index is 1.91. The zero-order valence-corrected chi connectivity index (χ0v) is 10.1. The summed E-state index contributed by atoms with van der Waals surface area (Å²) in [6.45, 7) is 0.404. The summed E-state index contributed by atoms with van der Waals surface area (Å²) in [6.07, 6.45) is 5.92. The van der Waals surface area contributed by atoms with Crippen LogP contribution in [0.15, 0.2) is 5.38 Å². The van der Waals surface area contributed by atoms with Crippen molar-refractivity contribution in [1.82, 2.24) is 10.3 Å². The van der Waals surface area contributed by atoms with E-state index in [0.29, 0.717) is 18.3 Å². The highest BCUT2D eigenvalue weighted by Gasteiger charge is 2.17. The van der Waals surface area contributed by atoms with Gasteiger partial charge in [0.05, 0.1) is 0 Å². The first kappa shape index (κ1) is 11.5. The number of nitrogens with one attached hydrogen (secondary N) is 1. The lowest BCUT2D eigenvalue weighted by Gasteiger charge is -2.22. The van der Waals surface area contributed by atoms with E-state index in [2.05, 4.69) is 10.3 Å². The third-order valence-electron chi connectivity index (χ3n) is 2.90. The van der Waals surface area contributed by atoms with Gasteiger partial charge in [-0.3, -0.25) is 4.79 Å². The summed E-state index contributed by atoms with van der Waals surface area (Å²) in [5.74, 6) is -0.0529. The number of carbonyl (C=O) groups excluding carboxylic acids is 1. The smallest absolute Gasteiger partial charge is 0.270 e. The summed E-state index contributed by atoms with van der Waals surface area (Å²) in [7, 11) is 0. The van der Waals surface area contributed by atoms with Gasteiger partial charge < -0.3 is 11.1 Å². The van der Waals surface area contributed by atoms with Gasteiger partial charge in [0.25, 0.3) is 5.91 Å². The average molecular weight is 239 g/mol. The molecule has 0 unspecified atom stereocenters. The Hall–Kier alpha value is -0.940. The van der Waals surface area contributed by atoms with Crippen molar-refractivity contribution in [2.24, 2.45) is 5.73 Å². The van der Waals surface area contributed by atoms with Crippen LogP contribution in [0.25, 0.3) is 0 Å². The van der Waals surface area contributed by atoms with Crippen molar-refractivity contribution in [3.63, 3.8) is 0 Å². The predicted octanol–water partition coefficient (Wildman–Crippen LogP) is 1.66. The van der Waals surface area contributed by atoms with Crippen molar-refractivity contribution >= 4 is 17.2 Å².